The second-order valence-corrected chi connectivity index (χ2v) is 7.52. The van der Waals surface area contributed by atoms with Crippen molar-refractivity contribution in [3.8, 4) is 0 Å². The Kier molecular flexibility index (Phi) is 6.17. The number of amides is 1. The van der Waals surface area contributed by atoms with Crippen molar-refractivity contribution in [2.45, 2.75) is 0 Å². The van der Waals surface area contributed by atoms with Gasteiger partial charge >= 0.3 is 0 Å². The number of morpholine rings is 1. The minimum Gasteiger partial charge on any atom is -0.378 e. The number of nitro benzene ring substituents is 1. The van der Waals surface area contributed by atoms with Crippen LogP contribution in [0.3, 0.4) is 0 Å². The summed E-state index contributed by atoms with van der Waals surface area (Å²) in [6.45, 7) is 2.38. The molecule has 0 saturated carbocycles. The molecule has 2 aliphatic rings. The number of rotatable bonds is 4. The molecular formula is C21H21F3N4O4. The lowest BCUT2D eigenvalue weighted by molar-refractivity contribution is -0.384. The zero-order valence-electron chi connectivity index (χ0n) is 17.1. The molecule has 1 amide bonds. The minimum atomic E-state index is -0.943. The van der Waals surface area contributed by atoms with Gasteiger partial charge in [-0.3, -0.25) is 14.9 Å². The summed E-state index contributed by atoms with van der Waals surface area (Å²) >= 11 is 0. The van der Waals surface area contributed by atoms with Crippen LogP contribution in [-0.2, 0) is 4.74 Å². The van der Waals surface area contributed by atoms with Gasteiger partial charge in [-0.25, -0.2) is 13.2 Å². The fourth-order valence-electron chi connectivity index (χ4n) is 4.00. The van der Waals surface area contributed by atoms with Gasteiger partial charge in [-0.15, -0.1) is 0 Å². The van der Waals surface area contributed by atoms with E-state index < -0.39 is 33.8 Å². The summed E-state index contributed by atoms with van der Waals surface area (Å²) in [7, 11) is 0. The van der Waals surface area contributed by atoms with Crippen LogP contribution in [0.5, 0.6) is 0 Å². The third kappa shape index (κ3) is 4.20. The molecule has 2 aliphatic heterocycles. The monoisotopic (exact) mass is 450 g/mol. The molecule has 4 rings (SSSR count). The van der Waals surface area contributed by atoms with Gasteiger partial charge in [-0.2, -0.15) is 0 Å². The van der Waals surface area contributed by atoms with Crippen LogP contribution < -0.4 is 9.80 Å². The molecule has 2 saturated heterocycles. The first kappa shape index (κ1) is 21.9. The maximum absolute atomic E-state index is 14.6. The SMILES string of the molecule is O=C(c1c(F)cccc1F)N1CCN(c2cc(N3CCOCC3)c(F)cc2[N+](=O)[O-])CC1. The Morgan fingerprint density at radius 3 is 2.06 bits per heavy atom. The largest absolute Gasteiger partial charge is 0.378 e. The molecule has 0 aromatic heterocycles. The summed E-state index contributed by atoms with van der Waals surface area (Å²) < 4.78 is 47.9. The Morgan fingerprint density at radius 1 is 0.875 bits per heavy atom. The van der Waals surface area contributed by atoms with E-state index in [1.165, 1.54) is 17.0 Å². The molecule has 170 valence electrons. The standard InChI is InChI=1S/C21H21F3N4O4/c22-14-2-1-3-15(23)20(14)21(29)27-6-4-25(5-7-27)18-13-17(26-8-10-32-11-9-26)16(24)12-19(18)28(30)31/h1-3,12-13H,4-11H2. The summed E-state index contributed by atoms with van der Waals surface area (Å²) in [5.41, 5.74) is -0.509. The molecule has 0 bridgehead atoms. The van der Waals surface area contributed by atoms with E-state index in [-0.39, 0.29) is 43.2 Å². The fourth-order valence-corrected chi connectivity index (χ4v) is 4.00. The second kappa shape index (κ2) is 9.03. The van der Waals surface area contributed by atoms with Gasteiger partial charge in [-0.1, -0.05) is 6.07 Å². The quantitative estimate of drug-likeness (QED) is 0.527. The number of hydrogen-bond acceptors (Lipinski definition) is 6. The van der Waals surface area contributed by atoms with Crippen LogP contribution in [-0.4, -0.2) is 68.2 Å². The molecule has 0 spiro atoms. The molecule has 2 heterocycles. The molecule has 0 N–H and O–H groups in total. The second-order valence-electron chi connectivity index (χ2n) is 7.52. The van der Waals surface area contributed by atoms with Gasteiger partial charge in [0.25, 0.3) is 11.6 Å². The Balaban J connectivity index is 1.56. The highest BCUT2D eigenvalue weighted by atomic mass is 19.1. The molecule has 11 heteroatoms. The molecule has 32 heavy (non-hydrogen) atoms. The Bertz CT molecular complexity index is 1020. The third-order valence-electron chi connectivity index (χ3n) is 5.68. The summed E-state index contributed by atoms with van der Waals surface area (Å²) in [6, 6.07) is 5.57. The number of carbonyl (C=O) groups excluding carboxylic acids is 1. The number of benzene rings is 2. The van der Waals surface area contributed by atoms with Crippen molar-refractivity contribution in [1.82, 2.24) is 4.90 Å². The van der Waals surface area contributed by atoms with Gasteiger partial charge in [0.2, 0.25) is 0 Å². The molecule has 8 nitrogen and oxygen atoms in total. The van der Waals surface area contributed by atoms with Crippen molar-refractivity contribution in [2.24, 2.45) is 0 Å². The third-order valence-corrected chi connectivity index (χ3v) is 5.68. The number of anilines is 2. The highest BCUT2D eigenvalue weighted by molar-refractivity contribution is 5.95. The highest BCUT2D eigenvalue weighted by Gasteiger charge is 2.31. The van der Waals surface area contributed by atoms with Crippen molar-refractivity contribution >= 4 is 23.0 Å². The lowest BCUT2D eigenvalue weighted by atomic mass is 10.1. The Labute approximate surface area is 181 Å². The van der Waals surface area contributed by atoms with Crippen LogP contribution in [0.4, 0.5) is 30.2 Å². The van der Waals surface area contributed by atoms with E-state index in [0.29, 0.717) is 26.3 Å². The normalized spacial score (nSPS) is 16.9. The minimum absolute atomic E-state index is 0.105. The predicted molar refractivity (Wildman–Crippen MR) is 111 cm³/mol. The number of piperazine rings is 1. The summed E-state index contributed by atoms with van der Waals surface area (Å²) in [4.78, 5) is 28.3. The van der Waals surface area contributed by atoms with Crippen LogP contribution in [0.15, 0.2) is 30.3 Å². The lowest BCUT2D eigenvalue weighted by Crippen LogP contribution is -2.49. The maximum atomic E-state index is 14.6. The van der Waals surface area contributed by atoms with E-state index in [1.54, 1.807) is 9.80 Å². The lowest BCUT2D eigenvalue weighted by Gasteiger charge is -2.36. The van der Waals surface area contributed by atoms with E-state index >= 15 is 0 Å². The smallest absolute Gasteiger partial charge is 0.295 e. The van der Waals surface area contributed by atoms with Crippen molar-refractivity contribution < 1.29 is 27.6 Å². The topological polar surface area (TPSA) is 79.2 Å². The van der Waals surface area contributed by atoms with Crippen LogP contribution in [0.1, 0.15) is 10.4 Å². The first-order chi connectivity index (χ1) is 15.4. The van der Waals surface area contributed by atoms with Gasteiger partial charge in [0.15, 0.2) is 5.82 Å². The fraction of sp³-hybridized carbons (Fsp3) is 0.381. The van der Waals surface area contributed by atoms with Crippen LogP contribution >= 0.6 is 0 Å². The van der Waals surface area contributed by atoms with E-state index in [2.05, 4.69) is 0 Å². The number of nitrogens with zero attached hydrogens (tertiary/aromatic N) is 4. The van der Waals surface area contributed by atoms with Gasteiger partial charge in [-0.05, 0) is 18.2 Å². The number of hydrogen-bond donors (Lipinski definition) is 0. The van der Waals surface area contributed by atoms with E-state index in [0.717, 1.165) is 18.2 Å². The van der Waals surface area contributed by atoms with Crippen molar-refractivity contribution in [2.75, 3.05) is 62.3 Å². The predicted octanol–water partition coefficient (Wildman–Crippen LogP) is 2.81. The number of halogens is 3. The van der Waals surface area contributed by atoms with Gasteiger partial charge in [0.05, 0.1) is 29.9 Å². The van der Waals surface area contributed by atoms with Crippen LogP contribution in [0, 0.1) is 27.6 Å². The van der Waals surface area contributed by atoms with Gasteiger partial charge in [0, 0.05) is 39.3 Å². The van der Waals surface area contributed by atoms with Gasteiger partial charge < -0.3 is 19.4 Å². The van der Waals surface area contributed by atoms with E-state index in [4.69, 9.17) is 4.74 Å². The molecule has 0 radical (unpaired) electrons. The van der Waals surface area contributed by atoms with Crippen LogP contribution in [0.2, 0.25) is 0 Å². The van der Waals surface area contributed by atoms with Crippen molar-refractivity contribution in [1.29, 1.82) is 0 Å². The number of ether oxygens (including phenoxy) is 1. The highest BCUT2D eigenvalue weighted by Crippen LogP contribution is 2.36. The Hall–Kier alpha value is -3.34. The van der Waals surface area contributed by atoms with Crippen molar-refractivity contribution in [3.63, 3.8) is 0 Å². The molecule has 0 aliphatic carbocycles. The average molecular weight is 450 g/mol. The zero-order chi connectivity index (χ0) is 22.8. The number of nitro groups is 1. The van der Waals surface area contributed by atoms with Crippen LogP contribution in [0.25, 0.3) is 0 Å². The van der Waals surface area contributed by atoms with Crippen molar-refractivity contribution in [3.05, 3.63) is 63.5 Å². The molecular weight excluding hydrogens is 429 g/mol. The zero-order valence-corrected chi connectivity index (χ0v) is 17.1. The molecule has 0 unspecified atom stereocenters. The maximum Gasteiger partial charge on any atom is 0.295 e. The summed E-state index contributed by atoms with van der Waals surface area (Å²) in [6.07, 6.45) is 0. The molecule has 2 fully saturated rings. The summed E-state index contributed by atoms with van der Waals surface area (Å²) in [5.74, 6) is -3.35. The Morgan fingerprint density at radius 2 is 1.47 bits per heavy atom. The number of carbonyl (C=O) groups is 1. The van der Waals surface area contributed by atoms with E-state index in [9.17, 15) is 28.1 Å². The van der Waals surface area contributed by atoms with E-state index in [1.807, 2.05) is 0 Å². The first-order valence-corrected chi connectivity index (χ1v) is 10.2. The molecule has 2 aromatic carbocycles. The van der Waals surface area contributed by atoms with Gasteiger partial charge in [0.1, 0.15) is 22.9 Å². The first-order valence-electron chi connectivity index (χ1n) is 10.2. The summed E-state index contributed by atoms with van der Waals surface area (Å²) in [5, 5.41) is 11.6. The molecule has 2 aromatic rings. The molecule has 0 atom stereocenters. The average Bonchev–Trinajstić information content (AvgIpc) is 2.79.